The molecule has 9 heteroatoms. The van der Waals surface area contributed by atoms with Crippen molar-refractivity contribution in [1.82, 2.24) is 20.1 Å². The first-order chi connectivity index (χ1) is 16.0. The number of anilines is 1. The molecule has 7 nitrogen and oxygen atoms in total. The van der Waals surface area contributed by atoms with Crippen LogP contribution in [0, 0.1) is 0 Å². The Kier molecular flexibility index (Phi) is 9.09. The van der Waals surface area contributed by atoms with Crippen LogP contribution in [0.2, 0.25) is 5.02 Å². The molecule has 33 heavy (non-hydrogen) atoms. The molecule has 1 aromatic heterocycles. The number of halogens is 1. The summed E-state index contributed by atoms with van der Waals surface area (Å²) in [5, 5.41) is 15.3. The van der Waals surface area contributed by atoms with Crippen molar-refractivity contribution in [2.75, 3.05) is 11.1 Å². The number of aromatic nitrogens is 3. The summed E-state index contributed by atoms with van der Waals surface area (Å²) in [6.45, 7) is 4.86. The molecule has 0 fully saturated rings. The Morgan fingerprint density at radius 1 is 1.09 bits per heavy atom. The van der Waals surface area contributed by atoms with Gasteiger partial charge in [-0.15, -0.1) is 10.2 Å². The molecule has 2 N–H and O–H groups in total. The maximum Gasteiger partial charge on any atom is 0.244 e. The minimum Gasteiger partial charge on any atom is -0.345 e. The number of aryl methyl sites for hydroxylation is 1. The zero-order valence-electron chi connectivity index (χ0n) is 18.5. The van der Waals surface area contributed by atoms with E-state index in [-0.39, 0.29) is 24.1 Å². The molecule has 0 radical (unpaired) electrons. The van der Waals surface area contributed by atoms with Crippen molar-refractivity contribution >= 4 is 46.9 Å². The van der Waals surface area contributed by atoms with Crippen molar-refractivity contribution in [2.45, 2.75) is 38.5 Å². The number of nitrogens with one attached hydrogen (secondary N) is 2. The van der Waals surface area contributed by atoms with E-state index in [0.717, 1.165) is 23.2 Å². The summed E-state index contributed by atoms with van der Waals surface area (Å²) in [5.41, 5.74) is 2.69. The lowest BCUT2D eigenvalue weighted by atomic mass is 10.1. The summed E-state index contributed by atoms with van der Waals surface area (Å²) in [4.78, 5) is 24.6. The van der Waals surface area contributed by atoms with Crippen molar-refractivity contribution < 1.29 is 9.59 Å². The molecule has 0 unspecified atom stereocenters. The lowest BCUT2D eigenvalue weighted by Gasteiger charge is -2.10. The minimum atomic E-state index is -0.260. The minimum absolute atomic E-state index is 0.105. The largest absolute Gasteiger partial charge is 0.345 e. The van der Waals surface area contributed by atoms with Gasteiger partial charge in [0, 0.05) is 23.3 Å². The van der Waals surface area contributed by atoms with E-state index in [1.165, 1.54) is 17.8 Å². The average molecular weight is 484 g/mol. The van der Waals surface area contributed by atoms with Crippen LogP contribution < -0.4 is 10.6 Å². The Balaban J connectivity index is 1.54. The van der Waals surface area contributed by atoms with Crippen LogP contribution in [0.15, 0.2) is 59.8 Å². The molecule has 0 spiro atoms. The highest BCUT2D eigenvalue weighted by Crippen LogP contribution is 2.20. The van der Waals surface area contributed by atoms with Gasteiger partial charge < -0.3 is 15.2 Å². The monoisotopic (exact) mass is 483 g/mol. The number of nitrogens with zero attached hydrogens (tertiary/aromatic N) is 3. The standard InChI is InChI=1S/C24H26ClN5O2S/c1-3-17-9-6-8-12-20(17)27-23(32)16-33-24-29-28-21(30(24)4-2)15-26-22(31)14-13-18-10-5-7-11-19(18)25/h5-14H,3-4,15-16H2,1-2H3,(H,26,31)(H,27,32)/b14-13+. The smallest absolute Gasteiger partial charge is 0.244 e. The fourth-order valence-corrected chi connectivity index (χ4v) is 4.16. The molecule has 172 valence electrons. The second-order valence-electron chi connectivity index (χ2n) is 7.06. The van der Waals surface area contributed by atoms with E-state index in [2.05, 4.69) is 27.8 Å². The highest BCUT2D eigenvalue weighted by molar-refractivity contribution is 7.99. The average Bonchev–Trinajstić information content (AvgIpc) is 3.23. The molecule has 0 aliphatic heterocycles. The molecule has 1 heterocycles. The Labute approximate surface area is 202 Å². The number of benzene rings is 2. The Morgan fingerprint density at radius 3 is 2.61 bits per heavy atom. The predicted molar refractivity (Wildman–Crippen MR) is 133 cm³/mol. The van der Waals surface area contributed by atoms with Gasteiger partial charge >= 0.3 is 0 Å². The third-order valence-electron chi connectivity index (χ3n) is 4.85. The van der Waals surface area contributed by atoms with E-state index in [1.807, 2.05) is 54.0 Å². The maximum absolute atomic E-state index is 12.4. The highest BCUT2D eigenvalue weighted by Gasteiger charge is 2.14. The van der Waals surface area contributed by atoms with Gasteiger partial charge in [0.1, 0.15) is 0 Å². The first-order valence-corrected chi connectivity index (χ1v) is 12.0. The number of para-hydroxylation sites is 1. The van der Waals surface area contributed by atoms with Crippen LogP contribution in [0.5, 0.6) is 0 Å². The SMILES string of the molecule is CCc1ccccc1NC(=O)CSc1nnc(CNC(=O)/C=C/c2ccccc2Cl)n1CC. The predicted octanol–water partition coefficient (Wildman–Crippen LogP) is 4.57. The fourth-order valence-electron chi connectivity index (χ4n) is 3.14. The van der Waals surface area contributed by atoms with Crippen LogP contribution >= 0.6 is 23.4 Å². The van der Waals surface area contributed by atoms with Crippen molar-refractivity contribution in [3.05, 3.63) is 76.6 Å². The van der Waals surface area contributed by atoms with Gasteiger partial charge in [-0.1, -0.05) is 66.7 Å². The number of hydrogen-bond acceptors (Lipinski definition) is 5. The lowest BCUT2D eigenvalue weighted by molar-refractivity contribution is -0.116. The molecule has 0 aliphatic carbocycles. The molecule has 3 aromatic rings. The van der Waals surface area contributed by atoms with Gasteiger partial charge in [-0.2, -0.15) is 0 Å². The van der Waals surface area contributed by atoms with Crippen LogP contribution in [0.25, 0.3) is 6.08 Å². The number of hydrogen-bond donors (Lipinski definition) is 2. The number of thioether (sulfide) groups is 1. The summed E-state index contributed by atoms with van der Waals surface area (Å²) >= 11 is 7.41. The zero-order chi connectivity index (χ0) is 23.6. The quantitative estimate of drug-likeness (QED) is 0.325. The molecule has 0 bridgehead atoms. The van der Waals surface area contributed by atoms with Gasteiger partial charge in [-0.05, 0) is 42.7 Å². The molecule has 0 atom stereocenters. The summed E-state index contributed by atoms with van der Waals surface area (Å²) in [5.74, 6) is 0.467. The maximum atomic E-state index is 12.4. The van der Waals surface area contributed by atoms with Crippen LogP contribution in [0.1, 0.15) is 30.8 Å². The Hall–Kier alpha value is -3.10. The van der Waals surface area contributed by atoms with E-state index >= 15 is 0 Å². The number of carbonyl (C=O) groups is 2. The van der Waals surface area contributed by atoms with Crippen LogP contribution in [0.4, 0.5) is 5.69 Å². The summed E-state index contributed by atoms with van der Waals surface area (Å²) < 4.78 is 1.88. The number of amides is 2. The van der Waals surface area contributed by atoms with Crippen molar-refractivity contribution in [1.29, 1.82) is 0 Å². The van der Waals surface area contributed by atoms with Crippen molar-refractivity contribution in [3.8, 4) is 0 Å². The normalized spacial score (nSPS) is 11.0. The van der Waals surface area contributed by atoms with Crippen LogP contribution in [0.3, 0.4) is 0 Å². The fraction of sp³-hybridized carbons (Fsp3) is 0.250. The molecule has 0 aliphatic rings. The van der Waals surface area contributed by atoms with E-state index in [1.54, 1.807) is 12.1 Å². The first-order valence-electron chi connectivity index (χ1n) is 10.6. The lowest BCUT2D eigenvalue weighted by Crippen LogP contribution is -2.22. The second kappa shape index (κ2) is 12.2. The van der Waals surface area contributed by atoms with Gasteiger partial charge in [0.2, 0.25) is 11.8 Å². The van der Waals surface area contributed by atoms with Gasteiger partial charge in [-0.3, -0.25) is 9.59 Å². The number of rotatable bonds is 10. The molecule has 2 amide bonds. The summed E-state index contributed by atoms with van der Waals surface area (Å²) in [7, 11) is 0. The first kappa shape index (κ1) is 24.5. The van der Waals surface area contributed by atoms with Crippen LogP contribution in [-0.2, 0) is 29.1 Å². The summed E-state index contributed by atoms with van der Waals surface area (Å²) in [6, 6.07) is 15.1. The van der Waals surface area contributed by atoms with Gasteiger partial charge in [0.25, 0.3) is 0 Å². The van der Waals surface area contributed by atoms with E-state index < -0.39 is 0 Å². The van der Waals surface area contributed by atoms with Crippen molar-refractivity contribution in [3.63, 3.8) is 0 Å². The Bertz CT molecular complexity index is 1150. The van der Waals surface area contributed by atoms with Gasteiger partial charge in [0.15, 0.2) is 11.0 Å². The van der Waals surface area contributed by atoms with Gasteiger partial charge in [-0.25, -0.2) is 0 Å². The molecule has 0 saturated carbocycles. The second-order valence-corrected chi connectivity index (χ2v) is 8.41. The van der Waals surface area contributed by atoms with Crippen molar-refractivity contribution in [2.24, 2.45) is 0 Å². The third kappa shape index (κ3) is 6.94. The Morgan fingerprint density at radius 2 is 1.85 bits per heavy atom. The molecular weight excluding hydrogens is 458 g/mol. The third-order valence-corrected chi connectivity index (χ3v) is 6.17. The molecule has 0 saturated heterocycles. The highest BCUT2D eigenvalue weighted by atomic mass is 35.5. The van der Waals surface area contributed by atoms with E-state index in [0.29, 0.717) is 22.5 Å². The molecule has 2 aromatic carbocycles. The topological polar surface area (TPSA) is 88.9 Å². The molecule has 3 rings (SSSR count). The summed E-state index contributed by atoms with van der Waals surface area (Å²) in [6.07, 6.45) is 3.94. The van der Waals surface area contributed by atoms with E-state index in [4.69, 9.17) is 11.6 Å². The molecular formula is C24H26ClN5O2S. The zero-order valence-corrected chi connectivity index (χ0v) is 20.1. The van der Waals surface area contributed by atoms with Crippen LogP contribution in [-0.4, -0.2) is 32.3 Å². The van der Waals surface area contributed by atoms with E-state index in [9.17, 15) is 9.59 Å². The number of carbonyl (C=O) groups excluding carboxylic acids is 2. The van der Waals surface area contributed by atoms with Gasteiger partial charge in [0.05, 0.1) is 12.3 Å².